The molecular formula is C21H19BrN4O3S. The average molecular weight is 487 g/mol. The molecule has 1 unspecified atom stereocenters. The highest BCUT2D eigenvalue weighted by atomic mass is 79.9. The molecule has 1 atom stereocenters. The largest absolute Gasteiger partial charge is 0.854 e. The fourth-order valence-electron chi connectivity index (χ4n) is 3.61. The van der Waals surface area contributed by atoms with Crippen LogP contribution in [-0.4, -0.2) is 28.9 Å². The molecule has 1 aromatic heterocycles. The van der Waals surface area contributed by atoms with Crippen LogP contribution in [0.1, 0.15) is 25.6 Å². The van der Waals surface area contributed by atoms with Gasteiger partial charge in [0, 0.05) is 17.6 Å². The molecule has 1 aliphatic heterocycles. The van der Waals surface area contributed by atoms with Crippen LogP contribution in [0.4, 0.5) is 5.69 Å². The van der Waals surface area contributed by atoms with Gasteiger partial charge in [-0.05, 0) is 52.0 Å². The molecule has 1 aliphatic rings. The third-order valence-electron chi connectivity index (χ3n) is 4.80. The second-order valence-electron chi connectivity index (χ2n) is 6.60. The van der Waals surface area contributed by atoms with E-state index in [4.69, 9.17) is 4.74 Å². The van der Waals surface area contributed by atoms with Gasteiger partial charge in [-0.15, -0.1) is 0 Å². The molecule has 4 rings (SSSR count). The summed E-state index contributed by atoms with van der Waals surface area (Å²) in [5.41, 5.74) is 2.43. The molecule has 0 N–H and O–H groups in total. The van der Waals surface area contributed by atoms with E-state index in [1.54, 1.807) is 16.7 Å². The van der Waals surface area contributed by atoms with E-state index >= 15 is 0 Å². The summed E-state index contributed by atoms with van der Waals surface area (Å²) < 4.78 is 7.70. The molecule has 1 amide bonds. The minimum absolute atomic E-state index is 0.159. The smallest absolute Gasteiger partial charge is 0.293 e. The van der Waals surface area contributed by atoms with Gasteiger partial charge in [-0.2, -0.15) is 0 Å². The Morgan fingerprint density at radius 1 is 1.33 bits per heavy atom. The topological polar surface area (TPSA) is 82.3 Å². The molecule has 0 fully saturated rings. The molecule has 30 heavy (non-hydrogen) atoms. The molecule has 3 aromatic rings. The van der Waals surface area contributed by atoms with Crippen LogP contribution < -0.4 is 19.4 Å². The Labute approximate surface area is 186 Å². The number of benzene rings is 2. The minimum atomic E-state index is -0.637. The lowest BCUT2D eigenvalue weighted by molar-refractivity contribution is -0.764. The molecule has 0 spiro atoms. The Hall–Kier alpha value is -2.65. The van der Waals surface area contributed by atoms with Crippen LogP contribution in [0, 0.1) is 0 Å². The summed E-state index contributed by atoms with van der Waals surface area (Å²) in [6.45, 7) is 3.48. The summed E-state index contributed by atoms with van der Waals surface area (Å²) >= 11 is 4.90. The van der Waals surface area contributed by atoms with E-state index in [9.17, 15) is 9.90 Å². The molecule has 7 nitrogen and oxygen atoms in total. The molecule has 0 radical (unpaired) electrons. The highest BCUT2D eigenvalue weighted by Gasteiger charge is 2.44. The van der Waals surface area contributed by atoms with Crippen molar-refractivity contribution in [3.63, 3.8) is 0 Å². The van der Waals surface area contributed by atoms with Crippen LogP contribution in [0.25, 0.3) is 11.3 Å². The highest BCUT2D eigenvalue weighted by Crippen LogP contribution is 2.41. The first-order chi connectivity index (χ1) is 14.5. The molecule has 2 aromatic carbocycles. The van der Waals surface area contributed by atoms with Gasteiger partial charge in [0.25, 0.3) is 17.0 Å². The molecule has 0 aliphatic carbocycles. The minimum Gasteiger partial charge on any atom is -0.854 e. The fourth-order valence-corrected chi connectivity index (χ4v) is 4.72. The Bertz CT molecular complexity index is 1140. The maximum atomic E-state index is 13.0. The summed E-state index contributed by atoms with van der Waals surface area (Å²) in [6, 6.07) is 12.9. The van der Waals surface area contributed by atoms with Crippen LogP contribution in [0.2, 0.25) is 0 Å². The second-order valence-corrected chi connectivity index (χ2v) is 8.69. The van der Waals surface area contributed by atoms with Crippen molar-refractivity contribution in [2.24, 2.45) is 0 Å². The van der Waals surface area contributed by atoms with E-state index in [0.29, 0.717) is 27.9 Å². The van der Waals surface area contributed by atoms with E-state index in [0.717, 1.165) is 15.8 Å². The first-order valence-electron chi connectivity index (χ1n) is 9.32. The SMILES string of the molecule is CCSc1nc([O-])c2[n+](n1)C(c1ccc(OC)c(Br)c1)N(C(C)=O)c1ccccc1-2. The van der Waals surface area contributed by atoms with Gasteiger partial charge in [0.15, 0.2) is 0 Å². The lowest BCUT2D eigenvalue weighted by atomic mass is 10.0. The lowest BCUT2D eigenvalue weighted by Gasteiger charge is -2.33. The maximum absolute atomic E-state index is 13.0. The zero-order valence-electron chi connectivity index (χ0n) is 16.6. The van der Waals surface area contributed by atoms with Crippen LogP contribution in [0.3, 0.4) is 0 Å². The fraction of sp³-hybridized carbons (Fsp3) is 0.238. The van der Waals surface area contributed by atoms with Gasteiger partial charge >= 0.3 is 0 Å². The van der Waals surface area contributed by atoms with E-state index in [1.807, 2.05) is 49.4 Å². The predicted molar refractivity (Wildman–Crippen MR) is 116 cm³/mol. The third kappa shape index (κ3) is 3.41. The van der Waals surface area contributed by atoms with Crippen molar-refractivity contribution < 1.29 is 19.3 Å². The number of para-hydroxylation sites is 1. The number of rotatable bonds is 4. The number of anilines is 1. The van der Waals surface area contributed by atoms with Crippen molar-refractivity contribution in [1.29, 1.82) is 0 Å². The number of methoxy groups -OCH3 is 1. The van der Waals surface area contributed by atoms with Crippen LogP contribution >= 0.6 is 27.7 Å². The standard InChI is InChI=1S/C21H19BrN4O3S/c1-4-30-21-23-19(28)18-14-7-5-6-8-16(14)25(12(2)27)20(26(18)24-21)13-9-10-17(29-3)15(22)11-13/h5-11,20H,4H2,1-3H3. The third-order valence-corrected chi connectivity index (χ3v) is 6.14. The zero-order valence-corrected chi connectivity index (χ0v) is 19.0. The van der Waals surface area contributed by atoms with Crippen LogP contribution in [0.5, 0.6) is 11.6 Å². The molecule has 0 saturated carbocycles. The number of carbonyl (C=O) groups excluding carboxylic acids is 1. The van der Waals surface area contributed by atoms with E-state index in [-0.39, 0.29) is 11.8 Å². The Balaban J connectivity index is 2.03. The Morgan fingerprint density at radius 2 is 2.10 bits per heavy atom. The normalized spacial score (nSPS) is 14.8. The van der Waals surface area contributed by atoms with Gasteiger partial charge in [0.05, 0.1) is 28.7 Å². The summed E-state index contributed by atoms with van der Waals surface area (Å²) in [5.74, 6) is 0.872. The van der Waals surface area contributed by atoms with Crippen LogP contribution in [0.15, 0.2) is 52.1 Å². The molecular weight excluding hydrogens is 468 g/mol. The summed E-state index contributed by atoms with van der Waals surface area (Å²) in [5, 5.41) is 18.1. The quantitative estimate of drug-likeness (QED) is 0.415. The van der Waals surface area contributed by atoms with Crippen LogP contribution in [-0.2, 0) is 4.79 Å². The molecule has 0 bridgehead atoms. The number of aromatic nitrogens is 3. The number of thioether (sulfide) groups is 1. The summed E-state index contributed by atoms with van der Waals surface area (Å²) in [7, 11) is 1.59. The number of ether oxygens (including phenoxy) is 1. The van der Waals surface area contributed by atoms with Crippen molar-refractivity contribution in [2.75, 3.05) is 17.8 Å². The van der Waals surface area contributed by atoms with Gasteiger partial charge in [-0.1, -0.05) is 35.5 Å². The number of halogens is 1. The number of fused-ring (bicyclic) bond motifs is 3. The summed E-state index contributed by atoms with van der Waals surface area (Å²) in [6.07, 6.45) is -0.637. The number of carbonyl (C=O) groups is 1. The summed E-state index contributed by atoms with van der Waals surface area (Å²) in [4.78, 5) is 18.6. The Morgan fingerprint density at radius 3 is 2.77 bits per heavy atom. The van der Waals surface area contributed by atoms with Crippen molar-refractivity contribution in [3.05, 3.63) is 52.5 Å². The van der Waals surface area contributed by atoms with E-state index in [2.05, 4.69) is 26.0 Å². The van der Waals surface area contributed by atoms with Gasteiger partial charge in [0.2, 0.25) is 5.91 Å². The monoisotopic (exact) mass is 486 g/mol. The number of nitrogens with zero attached hydrogens (tertiary/aromatic N) is 4. The van der Waals surface area contributed by atoms with Gasteiger partial charge < -0.3 is 9.84 Å². The molecule has 154 valence electrons. The maximum Gasteiger partial charge on any atom is 0.293 e. The highest BCUT2D eigenvalue weighted by molar-refractivity contribution is 9.10. The second kappa shape index (κ2) is 8.23. The van der Waals surface area contributed by atoms with E-state index in [1.165, 1.54) is 18.7 Å². The van der Waals surface area contributed by atoms with Crippen molar-refractivity contribution in [1.82, 2.24) is 10.1 Å². The van der Waals surface area contributed by atoms with Crippen molar-refractivity contribution in [3.8, 4) is 22.9 Å². The number of amides is 1. The number of hydrogen-bond acceptors (Lipinski definition) is 6. The first-order valence-corrected chi connectivity index (χ1v) is 11.1. The van der Waals surface area contributed by atoms with Crippen molar-refractivity contribution >= 4 is 39.3 Å². The van der Waals surface area contributed by atoms with Crippen molar-refractivity contribution in [2.45, 2.75) is 25.2 Å². The molecule has 2 heterocycles. The lowest BCUT2D eigenvalue weighted by Crippen LogP contribution is -2.58. The van der Waals surface area contributed by atoms with Gasteiger partial charge in [-0.25, -0.2) is 9.88 Å². The predicted octanol–water partition coefficient (Wildman–Crippen LogP) is 3.30. The average Bonchev–Trinajstić information content (AvgIpc) is 2.72. The first kappa shape index (κ1) is 20.6. The van der Waals surface area contributed by atoms with E-state index < -0.39 is 6.17 Å². The Kier molecular flexibility index (Phi) is 5.66. The molecule has 0 saturated heterocycles. The zero-order chi connectivity index (χ0) is 21.4. The van der Waals surface area contributed by atoms with Gasteiger partial charge in [-0.3, -0.25) is 4.79 Å². The van der Waals surface area contributed by atoms with Gasteiger partial charge in [0.1, 0.15) is 5.75 Å². The number of hydrogen-bond donors (Lipinski definition) is 0. The molecule has 9 heteroatoms.